The van der Waals surface area contributed by atoms with Crippen molar-refractivity contribution >= 4 is 23.2 Å². The average Bonchev–Trinajstić information content (AvgIpc) is 2.49. The van der Waals surface area contributed by atoms with E-state index in [2.05, 4.69) is 10.6 Å². The number of carbonyl (C=O) groups is 2. The third kappa shape index (κ3) is 4.10. The first-order valence-electron chi connectivity index (χ1n) is 7.25. The molecule has 0 aliphatic carbocycles. The largest absolute Gasteiger partial charge is 0.496 e. The molecule has 5 heteroatoms. The summed E-state index contributed by atoms with van der Waals surface area (Å²) in [7, 11) is 1.54. The van der Waals surface area contributed by atoms with E-state index in [0.29, 0.717) is 22.7 Å². The summed E-state index contributed by atoms with van der Waals surface area (Å²) in [5.41, 5.74) is 3.78. The van der Waals surface area contributed by atoms with Crippen molar-refractivity contribution < 1.29 is 14.3 Å². The van der Waals surface area contributed by atoms with Crippen molar-refractivity contribution in [3.8, 4) is 5.75 Å². The van der Waals surface area contributed by atoms with Crippen molar-refractivity contribution in [1.82, 2.24) is 0 Å². The lowest BCUT2D eigenvalue weighted by atomic mass is 10.0. The smallest absolute Gasteiger partial charge is 0.259 e. The standard InChI is InChI=1S/C18H20N2O3/c1-11-8-16(17(23-4)9-12(11)2)18(22)20-15-7-5-6-14(10-15)19-13(3)21/h5-10H,1-4H3,(H,19,21)(H,20,22). The summed E-state index contributed by atoms with van der Waals surface area (Å²) in [5.74, 6) is 0.109. The molecule has 2 aromatic carbocycles. The SMILES string of the molecule is COc1cc(C)c(C)cc1C(=O)Nc1cccc(NC(C)=O)c1. The van der Waals surface area contributed by atoms with E-state index in [-0.39, 0.29) is 11.8 Å². The number of anilines is 2. The molecule has 0 bridgehead atoms. The third-order valence-electron chi connectivity index (χ3n) is 3.50. The van der Waals surface area contributed by atoms with Crippen LogP contribution in [-0.4, -0.2) is 18.9 Å². The molecule has 0 saturated heterocycles. The van der Waals surface area contributed by atoms with E-state index in [0.717, 1.165) is 11.1 Å². The Morgan fingerprint density at radius 1 is 0.957 bits per heavy atom. The molecule has 0 saturated carbocycles. The van der Waals surface area contributed by atoms with E-state index in [4.69, 9.17) is 4.74 Å². The van der Waals surface area contributed by atoms with Gasteiger partial charge in [0.15, 0.2) is 0 Å². The van der Waals surface area contributed by atoms with Crippen molar-refractivity contribution in [2.75, 3.05) is 17.7 Å². The summed E-state index contributed by atoms with van der Waals surface area (Å²) in [6.07, 6.45) is 0. The number of nitrogens with one attached hydrogen (secondary N) is 2. The fraction of sp³-hybridized carbons (Fsp3) is 0.222. The van der Waals surface area contributed by atoms with Gasteiger partial charge in [0.05, 0.1) is 12.7 Å². The van der Waals surface area contributed by atoms with Crippen molar-refractivity contribution in [2.24, 2.45) is 0 Å². The first-order valence-corrected chi connectivity index (χ1v) is 7.25. The lowest BCUT2D eigenvalue weighted by Crippen LogP contribution is -2.14. The molecule has 23 heavy (non-hydrogen) atoms. The number of benzene rings is 2. The summed E-state index contributed by atoms with van der Waals surface area (Å²) in [4.78, 5) is 23.6. The highest BCUT2D eigenvalue weighted by Gasteiger charge is 2.14. The Kier molecular flexibility index (Phi) is 5.01. The van der Waals surface area contributed by atoms with Crippen LogP contribution in [0.1, 0.15) is 28.4 Å². The molecule has 120 valence electrons. The number of amides is 2. The van der Waals surface area contributed by atoms with E-state index in [1.54, 1.807) is 30.3 Å². The number of hydrogen-bond donors (Lipinski definition) is 2. The molecule has 0 heterocycles. The second-order valence-corrected chi connectivity index (χ2v) is 5.35. The van der Waals surface area contributed by atoms with Gasteiger partial charge in [-0.1, -0.05) is 6.07 Å². The van der Waals surface area contributed by atoms with Crippen LogP contribution < -0.4 is 15.4 Å². The van der Waals surface area contributed by atoms with Crippen LogP contribution in [0.3, 0.4) is 0 Å². The monoisotopic (exact) mass is 312 g/mol. The Hall–Kier alpha value is -2.82. The van der Waals surface area contributed by atoms with Crippen LogP contribution in [0.15, 0.2) is 36.4 Å². The van der Waals surface area contributed by atoms with Gasteiger partial charge in [-0.05, 0) is 55.3 Å². The van der Waals surface area contributed by atoms with Crippen LogP contribution >= 0.6 is 0 Å². The second-order valence-electron chi connectivity index (χ2n) is 5.35. The normalized spacial score (nSPS) is 10.1. The van der Waals surface area contributed by atoms with E-state index in [9.17, 15) is 9.59 Å². The van der Waals surface area contributed by atoms with Gasteiger partial charge in [0, 0.05) is 18.3 Å². The zero-order chi connectivity index (χ0) is 17.0. The van der Waals surface area contributed by atoms with E-state index in [1.807, 2.05) is 19.9 Å². The fourth-order valence-corrected chi connectivity index (χ4v) is 2.21. The van der Waals surface area contributed by atoms with Gasteiger partial charge < -0.3 is 15.4 Å². The quantitative estimate of drug-likeness (QED) is 0.907. The van der Waals surface area contributed by atoms with Crippen LogP contribution in [0, 0.1) is 13.8 Å². The summed E-state index contributed by atoms with van der Waals surface area (Å²) >= 11 is 0. The summed E-state index contributed by atoms with van der Waals surface area (Å²) in [6, 6.07) is 10.6. The number of aryl methyl sites for hydroxylation is 2. The zero-order valence-electron chi connectivity index (χ0n) is 13.7. The van der Waals surface area contributed by atoms with Crippen molar-refractivity contribution in [2.45, 2.75) is 20.8 Å². The first kappa shape index (κ1) is 16.5. The number of rotatable bonds is 4. The van der Waals surface area contributed by atoms with Gasteiger partial charge in [-0.15, -0.1) is 0 Å². The summed E-state index contributed by atoms with van der Waals surface area (Å²) < 4.78 is 5.30. The molecule has 0 fully saturated rings. The van der Waals surface area contributed by atoms with Gasteiger partial charge in [0.25, 0.3) is 5.91 Å². The van der Waals surface area contributed by atoms with E-state index < -0.39 is 0 Å². The molecule has 0 unspecified atom stereocenters. The minimum Gasteiger partial charge on any atom is -0.496 e. The molecule has 0 aliphatic rings. The minimum absolute atomic E-state index is 0.163. The predicted molar refractivity (Wildman–Crippen MR) is 91.2 cm³/mol. The Labute approximate surface area is 135 Å². The average molecular weight is 312 g/mol. The number of carbonyl (C=O) groups excluding carboxylic acids is 2. The highest BCUT2D eigenvalue weighted by Crippen LogP contribution is 2.24. The molecule has 0 aromatic heterocycles. The van der Waals surface area contributed by atoms with Crippen molar-refractivity contribution in [1.29, 1.82) is 0 Å². The van der Waals surface area contributed by atoms with Crippen LogP contribution in [0.25, 0.3) is 0 Å². The fourth-order valence-electron chi connectivity index (χ4n) is 2.21. The van der Waals surface area contributed by atoms with Crippen LogP contribution in [0.2, 0.25) is 0 Å². The molecule has 0 radical (unpaired) electrons. The van der Waals surface area contributed by atoms with Crippen LogP contribution in [-0.2, 0) is 4.79 Å². The van der Waals surface area contributed by atoms with Gasteiger partial charge in [0.1, 0.15) is 5.75 Å². The molecule has 0 atom stereocenters. The molecular weight excluding hydrogens is 292 g/mol. The highest BCUT2D eigenvalue weighted by molar-refractivity contribution is 6.06. The maximum atomic E-state index is 12.5. The van der Waals surface area contributed by atoms with Crippen molar-refractivity contribution in [3.63, 3.8) is 0 Å². The molecule has 2 aromatic rings. The number of hydrogen-bond acceptors (Lipinski definition) is 3. The third-order valence-corrected chi connectivity index (χ3v) is 3.50. The Morgan fingerprint density at radius 2 is 1.57 bits per heavy atom. The maximum Gasteiger partial charge on any atom is 0.259 e. The zero-order valence-corrected chi connectivity index (χ0v) is 13.7. The first-order chi connectivity index (χ1) is 10.9. The highest BCUT2D eigenvalue weighted by atomic mass is 16.5. The van der Waals surface area contributed by atoms with Gasteiger partial charge in [-0.2, -0.15) is 0 Å². The van der Waals surface area contributed by atoms with E-state index >= 15 is 0 Å². The Morgan fingerprint density at radius 3 is 2.17 bits per heavy atom. The molecule has 2 amide bonds. The molecule has 0 spiro atoms. The van der Waals surface area contributed by atoms with Gasteiger partial charge >= 0.3 is 0 Å². The maximum absolute atomic E-state index is 12.5. The Bertz CT molecular complexity index is 754. The molecule has 2 rings (SSSR count). The summed E-state index contributed by atoms with van der Waals surface area (Å²) in [5, 5.41) is 5.51. The lowest BCUT2D eigenvalue weighted by Gasteiger charge is -2.12. The number of ether oxygens (including phenoxy) is 1. The molecule has 5 nitrogen and oxygen atoms in total. The van der Waals surface area contributed by atoms with E-state index in [1.165, 1.54) is 14.0 Å². The second kappa shape index (κ2) is 6.96. The van der Waals surface area contributed by atoms with Crippen LogP contribution in [0.5, 0.6) is 5.75 Å². The molecular formula is C18H20N2O3. The number of methoxy groups -OCH3 is 1. The Balaban J connectivity index is 2.26. The van der Waals surface area contributed by atoms with Crippen LogP contribution in [0.4, 0.5) is 11.4 Å². The van der Waals surface area contributed by atoms with Gasteiger partial charge in [-0.3, -0.25) is 9.59 Å². The topological polar surface area (TPSA) is 67.4 Å². The van der Waals surface area contributed by atoms with Gasteiger partial charge in [0.2, 0.25) is 5.91 Å². The molecule has 0 aliphatic heterocycles. The van der Waals surface area contributed by atoms with Crippen molar-refractivity contribution in [3.05, 3.63) is 53.1 Å². The minimum atomic E-state index is -0.259. The predicted octanol–water partition coefficient (Wildman–Crippen LogP) is 3.52. The summed E-state index contributed by atoms with van der Waals surface area (Å²) in [6.45, 7) is 5.35. The lowest BCUT2D eigenvalue weighted by molar-refractivity contribution is -0.114. The van der Waals surface area contributed by atoms with Gasteiger partial charge in [-0.25, -0.2) is 0 Å². The molecule has 2 N–H and O–H groups in total.